The minimum atomic E-state index is -3.47. The molecule has 1 aromatic heterocycles. The van der Waals surface area contributed by atoms with Crippen molar-refractivity contribution in [2.75, 3.05) is 11.1 Å². The average Bonchev–Trinajstić information content (AvgIpc) is 2.96. The predicted molar refractivity (Wildman–Crippen MR) is 96.5 cm³/mol. The number of benzene rings is 2. The van der Waals surface area contributed by atoms with Gasteiger partial charge >= 0.3 is 0 Å². The lowest BCUT2D eigenvalue weighted by atomic mass is 10.2. The normalized spacial score (nSPS) is 11.6. The van der Waals surface area contributed by atoms with E-state index in [0.717, 1.165) is 15.8 Å². The van der Waals surface area contributed by atoms with Crippen LogP contribution >= 0.6 is 11.3 Å². The smallest absolute Gasteiger partial charge is 0.258 e. The molecule has 0 aliphatic heterocycles. The number of rotatable bonds is 4. The molecular formula is C17H16N2O3S2. The van der Waals surface area contributed by atoms with Crippen LogP contribution in [-0.4, -0.2) is 25.1 Å². The van der Waals surface area contributed by atoms with Gasteiger partial charge < -0.3 is 0 Å². The molecule has 1 amide bonds. The molecule has 0 bridgehead atoms. The van der Waals surface area contributed by atoms with E-state index in [1.165, 1.54) is 23.5 Å². The summed E-state index contributed by atoms with van der Waals surface area (Å²) in [5.74, 6) is -0.532. The van der Waals surface area contributed by atoms with Gasteiger partial charge in [-0.25, -0.2) is 13.4 Å². The second-order valence-electron chi connectivity index (χ2n) is 5.34. The largest absolute Gasteiger partial charge is 0.298 e. The summed E-state index contributed by atoms with van der Waals surface area (Å²) < 4.78 is 25.3. The maximum Gasteiger partial charge on any atom is 0.258 e. The third-order valence-electron chi connectivity index (χ3n) is 3.61. The Morgan fingerprint density at radius 2 is 1.96 bits per heavy atom. The van der Waals surface area contributed by atoms with Crippen LogP contribution in [0.5, 0.6) is 0 Å². The molecule has 0 aliphatic rings. The summed E-state index contributed by atoms with van der Waals surface area (Å²) in [6.07, 6.45) is 0. The molecule has 0 saturated heterocycles. The first-order valence-corrected chi connectivity index (χ1v) is 9.88. The number of anilines is 1. The molecule has 0 saturated carbocycles. The van der Waals surface area contributed by atoms with Gasteiger partial charge in [-0.2, -0.15) is 0 Å². The van der Waals surface area contributed by atoms with Crippen LogP contribution in [0.3, 0.4) is 0 Å². The summed E-state index contributed by atoms with van der Waals surface area (Å²) in [5, 5.41) is 3.16. The topological polar surface area (TPSA) is 76.1 Å². The van der Waals surface area contributed by atoms with Crippen LogP contribution in [0.15, 0.2) is 47.4 Å². The summed E-state index contributed by atoms with van der Waals surface area (Å²) in [4.78, 5) is 16.9. The van der Waals surface area contributed by atoms with Gasteiger partial charge in [-0.1, -0.05) is 36.5 Å². The lowest BCUT2D eigenvalue weighted by Crippen LogP contribution is -2.17. The highest BCUT2D eigenvalue weighted by Gasteiger charge is 2.21. The fraction of sp³-hybridized carbons (Fsp3) is 0.176. The molecule has 3 aromatic rings. The number of hydrogen-bond donors (Lipinski definition) is 1. The number of hydrogen-bond acceptors (Lipinski definition) is 5. The molecule has 2 aromatic carbocycles. The quantitative estimate of drug-likeness (QED) is 0.770. The van der Waals surface area contributed by atoms with E-state index in [4.69, 9.17) is 0 Å². The zero-order valence-corrected chi connectivity index (χ0v) is 14.9. The first kappa shape index (κ1) is 16.6. The Balaban J connectivity index is 1.95. The molecule has 1 heterocycles. The van der Waals surface area contributed by atoms with E-state index in [1.54, 1.807) is 19.1 Å². The Hall–Kier alpha value is -2.25. The third-order valence-corrected chi connectivity index (χ3v) is 6.33. The number of carbonyl (C=O) groups is 1. The van der Waals surface area contributed by atoms with Crippen molar-refractivity contribution in [2.24, 2.45) is 0 Å². The lowest BCUT2D eigenvalue weighted by molar-refractivity contribution is 0.102. The van der Waals surface area contributed by atoms with Crippen molar-refractivity contribution in [3.63, 3.8) is 0 Å². The summed E-state index contributed by atoms with van der Waals surface area (Å²) in [7, 11) is -3.47. The van der Waals surface area contributed by atoms with Crippen molar-refractivity contribution < 1.29 is 13.2 Å². The van der Waals surface area contributed by atoms with Crippen LogP contribution in [0.25, 0.3) is 10.2 Å². The molecule has 7 heteroatoms. The highest BCUT2D eigenvalue weighted by molar-refractivity contribution is 7.91. The fourth-order valence-corrected chi connectivity index (χ4v) is 4.38. The van der Waals surface area contributed by atoms with E-state index in [2.05, 4.69) is 10.3 Å². The Labute approximate surface area is 144 Å². The van der Waals surface area contributed by atoms with Gasteiger partial charge in [0.25, 0.3) is 5.91 Å². The number of nitrogens with one attached hydrogen (secondary N) is 1. The molecule has 3 rings (SSSR count). The van der Waals surface area contributed by atoms with E-state index in [9.17, 15) is 13.2 Å². The highest BCUT2D eigenvalue weighted by Crippen LogP contribution is 2.27. The van der Waals surface area contributed by atoms with Gasteiger partial charge in [-0.3, -0.25) is 10.1 Å². The van der Waals surface area contributed by atoms with Crippen molar-refractivity contribution in [1.82, 2.24) is 4.98 Å². The third kappa shape index (κ3) is 3.18. The van der Waals surface area contributed by atoms with E-state index >= 15 is 0 Å². The van der Waals surface area contributed by atoms with E-state index in [-0.39, 0.29) is 16.2 Å². The SMILES string of the molecule is CCS(=O)(=O)c1ccccc1C(=O)Nc1nc2ccc(C)cc2s1. The molecule has 0 fully saturated rings. The molecule has 24 heavy (non-hydrogen) atoms. The van der Waals surface area contributed by atoms with Crippen LogP contribution < -0.4 is 5.32 Å². The van der Waals surface area contributed by atoms with Gasteiger partial charge in [0.1, 0.15) is 0 Å². The number of aromatic nitrogens is 1. The number of carbonyl (C=O) groups excluding carboxylic acids is 1. The Bertz CT molecular complexity index is 1020. The molecular weight excluding hydrogens is 344 g/mol. The first-order valence-electron chi connectivity index (χ1n) is 7.41. The van der Waals surface area contributed by atoms with Gasteiger partial charge in [-0.15, -0.1) is 0 Å². The number of aryl methyl sites for hydroxylation is 1. The maximum absolute atomic E-state index is 12.5. The monoisotopic (exact) mass is 360 g/mol. The zero-order chi connectivity index (χ0) is 17.3. The molecule has 124 valence electrons. The van der Waals surface area contributed by atoms with Crippen molar-refractivity contribution in [2.45, 2.75) is 18.7 Å². The van der Waals surface area contributed by atoms with Crippen molar-refractivity contribution in [1.29, 1.82) is 0 Å². The maximum atomic E-state index is 12.5. The lowest BCUT2D eigenvalue weighted by Gasteiger charge is -2.08. The number of nitrogens with zero attached hydrogens (tertiary/aromatic N) is 1. The van der Waals surface area contributed by atoms with Crippen LogP contribution in [0.2, 0.25) is 0 Å². The van der Waals surface area contributed by atoms with E-state index in [0.29, 0.717) is 5.13 Å². The molecule has 0 atom stereocenters. The Kier molecular flexibility index (Phi) is 4.38. The van der Waals surface area contributed by atoms with E-state index < -0.39 is 15.7 Å². The van der Waals surface area contributed by atoms with Crippen LogP contribution in [-0.2, 0) is 9.84 Å². The van der Waals surface area contributed by atoms with Crippen molar-refractivity contribution >= 4 is 42.4 Å². The van der Waals surface area contributed by atoms with Crippen LogP contribution in [0, 0.1) is 6.92 Å². The van der Waals surface area contributed by atoms with Gasteiger partial charge in [0.15, 0.2) is 15.0 Å². The second kappa shape index (κ2) is 6.33. The average molecular weight is 360 g/mol. The fourth-order valence-electron chi connectivity index (χ4n) is 2.33. The van der Waals surface area contributed by atoms with Gasteiger partial charge in [0.2, 0.25) is 0 Å². The number of amides is 1. The summed E-state index contributed by atoms with van der Waals surface area (Å²) in [5.41, 5.74) is 2.05. The summed E-state index contributed by atoms with van der Waals surface area (Å²) >= 11 is 1.36. The molecule has 5 nitrogen and oxygen atoms in total. The first-order chi connectivity index (χ1) is 11.4. The molecule has 0 aliphatic carbocycles. The second-order valence-corrected chi connectivity index (χ2v) is 8.62. The van der Waals surface area contributed by atoms with Crippen molar-refractivity contribution in [3.05, 3.63) is 53.6 Å². The number of fused-ring (bicyclic) bond motifs is 1. The standard InChI is InChI=1S/C17H16N2O3S2/c1-3-24(21,22)15-7-5-4-6-12(15)16(20)19-17-18-13-9-8-11(2)10-14(13)23-17/h4-10H,3H2,1-2H3,(H,18,19,20). The zero-order valence-electron chi connectivity index (χ0n) is 13.2. The van der Waals surface area contributed by atoms with Crippen molar-refractivity contribution in [3.8, 4) is 0 Å². The summed E-state index contributed by atoms with van der Waals surface area (Å²) in [6.45, 7) is 3.54. The molecule has 0 radical (unpaired) electrons. The molecule has 0 spiro atoms. The van der Waals surface area contributed by atoms with Crippen LogP contribution in [0.4, 0.5) is 5.13 Å². The highest BCUT2D eigenvalue weighted by atomic mass is 32.2. The van der Waals surface area contributed by atoms with Gasteiger partial charge in [0, 0.05) is 0 Å². The minimum Gasteiger partial charge on any atom is -0.298 e. The summed E-state index contributed by atoms with van der Waals surface area (Å²) in [6, 6.07) is 12.1. The predicted octanol–water partition coefficient (Wildman–Crippen LogP) is 3.65. The Morgan fingerprint density at radius 3 is 2.71 bits per heavy atom. The minimum absolute atomic E-state index is 0.0435. The molecule has 1 N–H and O–H groups in total. The Morgan fingerprint density at radius 1 is 1.21 bits per heavy atom. The number of thiazole rings is 1. The van der Waals surface area contributed by atoms with Gasteiger partial charge in [-0.05, 0) is 36.8 Å². The van der Waals surface area contributed by atoms with Crippen LogP contribution in [0.1, 0.15) is 22.8 Å². The van der Waals surface area contributed by atoms with Gasteiger partial charge in [0.05, 0.1) is 26.4 Å². The number of sulfone groups is 1. The van der Waals surface area contributed by atoms with E-state index in [1.807, 2.05) is 25.1 Å². The molecule has 0 unspecified atom stereocenters.